The summed E-state index contributed by atoms with van der Waals surface area (Å²) in [5, 5.41) is 19.0. The summed E-state index contributed by atoms with van der Waals surface area (Å²) in [4.78, 5) is 23.1. The molecule has 2 amide bonds. The molecule has 2 aromatic rings. The number of nitrogens with zero attached hydrogens (tertiary/aromatic N) is 2. The maximum absolute atomic E-state index is 12.1. The molecule has 1 aliphatic rings. The maximum atomic E-state index is 12.1. The molecule has 1 heterocycles. The van der Waals surface area contributed by atoms with Crippen molar-refractivity contribution in [2.24, 2.45) is 5.92 Å². The molecular formula is C19H24N4O4. The van der Waals surface area contributed by atoms with Crippen LogP contribution in [0.25, 0.3) is 0 Å². The van der Waals surface area contributed by atoms with Crippen LogP contribution in [0.15, 0.2) is 36.5 Å². The third kappa shape index (κ3) is 5.22. The minimum Gasteiger partial charge on any atom is -0.497 e. The molecule has 1 aromatic carbocycles. The van der Waals surface area contributed by atoms with E-state index in [2.05, 4.69) is 15.7 Å². The Hall–Kier alpha value is -3.03. The zero-order valence-electron chi connectivity index (χ0n) is 15.2. The van der Waals surface area contributed by atoms with Gasteiger partial charge in [-0.1, -0.05) is 12.1 Å². The molecule has 1 aromatic heterocycles. The maximum Gasteiger partial charge on any atom is 0.320 e. The Kier molecular flexibility index (Phi) is 5.95. The number of carbonyl (C=O) groups is 2. The van der Waals surface area contributed by atoms with Gasteiger partial charge in [0.2, 0.25) is 0 Å². The van der Waals surface area contributed by atoms with Crippen LogP contribution in [0.2, 0.25) is 0 Å². The van der Waals surface area contributed by atoms with Crippen molar-refractivity contribution in [3.63, 3.8) is 0 Å². The molecule has 0 atom stereocenters. The first kappa shape index (κ1) is 18.8. The highest BCUT2D eigenvalue weighted by Gasteiger charge is 2.26. The van der Waals surface area contributed by atoms with E-state index in [0.717, 1.165) is 11.3 Å². The normalized spacial score (nSPS) is 19.3. The first-order valence-electron chi connectivity index (χ1n) is 9.00. The van der Waals surface area contributed by atoms with Gasteiger partial charge in [0.15, 0.2) is 5.82 Å². The third-order valence-electron chi connectivity index (χ3n) is 4.80. The molecule has 144 valence electrons. The van der Waals surface area contributed by atoms with Crippen molar-refractivity contribution in [2.45, 2.75) is 38.3 Å². The smallest absolute Gasteiger partial charge is 0.320 e. The fourth-order valence-electron chi connectivity index (χ4n) is 3.26. The van der Waals surface area contributed by atoms with Crippen molar-refractivity contribution in [2.75, 3.05) is 12.4 Å². The van der Waals surface area contributed by atoms with E-state index in [-0.39, 0.29) is 18.0 Å². The van der Waals surface area contributed by atoms with E-state index in [9.17, 15) is 9.59 Å². The Bertz CT molecular complexity index is 779. The Balaban J connectivity index is 1.47. The summed E-state index contributed by atoms with van der Waals surface area (Å²) in [6.07, 6.45) is 4.35. The number of methoxy groups -OCH3 is 1. The fourth-order valence-corrected chi connectivity index (χ4v) is 3.26. The number of aromatic nitrogens is 2. The minimum atomic E-state index is -0.750. The Morgan fingerprint density at radius 1 is 1.19 bits per heavy atom. The van der Waals surface area contributed by atoms with Crippen LogP contribution in [-0.2, 0) is 11.3 Å². The quantitative estimate of drug-likeness (QED) is 0.723. The lowest BCUT2D eigenvalue weighted by Crippen LogP contribution is -2.41. The Labute approximate surface area is 157 Å². The van der Waals surface area contributed by atoms with Crippen LogP contribution < -0.4 is 15.4 Å². The molecule has 3 N–H and O–H groups in total. The number of hydrogen-bond acceptors (Lipinski definition) is 4. The summed E-state index contributed by atoms with van der Waals surface area (Å²) >= 11 is 0. The lowest BCUT2D eigenvalue weighted by molar-refractivity contribution is -0.142. The van der Waals surface area contributed by atoms with Gasteiger partial charge in [0.1, 0.15) is 5.75 Å². The van der Waals surface area contributed by atoms with Gasteiger partial charge < -0.3 is 15.2 Å². The van der Waals surface area contributed by atoms with Crippen LogP contribution in [0.1, 0.15) is 31.2 Å². The number of ether oxygens (including phenoxy) is 1. The average Bonchev–Trinajstić information content (AvgIpc) is 3.09. The lowest BCUT2D eigenvalue weighted by Gasteiger charge is -2.26. The molecule has 0 saturated heterocycles. The van der Waals surface area contributed by atoms with Crippen molar-refractivity contribution in [1.82, 2.24) is 15.1 Å². The second kappa shape index (κ2) is 8.57. The number of benzene rings is 1. The predicted molar refractivity (Wildman–Crippen MR) is 99.9 cm³/mol. The average molecular weight is 372 g/mol. The molecule has 0 unspecified atom stereocenters. The largest absolute Gasteiger partial charge is 0.497 e. The van der Waals surface area contributed by atoms with Crippen LogP contribution in [-0.4, -0.2) is 40.0 Å². The molecule has 0 bridgehead atoms. The molecule has 8 heteroatoms. The van der Waals surface area contributed by atoms with Crippen molar-refractivity contribution >= 4 is 17.8 Å². The molecular weight excluding hydrogens is 348 g/mol. The van der Waals surface area contributed by atoms with Gasteiger partial charge in [-0.25, -0.2) is 4.79 Å². The lowest BCUT2D eigenvalue weighted by atomic mass is 9.86. The van der Waals surface area contributed by atoms with E-state index in [1.165, 1.54) is 0 Å². The van der Waals surface area contributed by atoms with Crippen LogP contribution in [0, 0.1) is 5.92 Å². The van der Waals surface area contributed by atoms with E-state index in [1.807, 2.05) is 24.3 Å². The number of anilines is 1. The second-order valence-corrected chi connectivity index (χ2v) is 6.73. The van der Waals surface area contributed by atoms with Crippen LogP contribution >= 0.6 is 0 Å². The number of urea groups is 1. The molecule has 1 aliphatic carbocycles. The fraction of sp³-hybridized carbons (Fsp3) is 0.421. The van der Waals surface area contributed by atoms with Gasteiger partial charge in [-0.05, 0) is 43.4 Å². The van der Waals surface area contributed by atoms with Crippen LogP contribution in [0.3, 0.4) is 0 Å². The van der Waals surface area contributed by atoms with Gasteiger partial charge in [0, 0.05) is 18.3 Å². The predicted octanol–water partition coefficient (Wildman–Crippen LogP) is 2.70. The first-order chi connectivity index (χ1) is 13.0. The SMILES string of the molecule is COc1ccc(Cn2ccc(NC(=O)NC3CCC(C(=O)O)CC3)n2)cc1. The number of carboxylic acid groups (broad SMARTS) is 1. The summed E-state index contributed by atoms with van der Waals surface area (Å²) in [5.74, 6) is 0.232. The van der Waals surface area contributed by atoms with E-state index < -0.39 is 5.97 Å². The molecule has 0 aliphatic heterocycles. The molecule has 0 spiro atoms. The molecule has 1 saturated carbocycles. The monoisotopic (exact) mass is 372 g/mol. The summed E-state index contributed by atoms with van der Waals surface area (Å²) in [6.45, 7) is 0.590. The number of hydrogen-bond donors (Lipinski definition) is 3. The molecule has 8 nitrogen and oxygen atoms in total. The summed E-state index contributed by atoms with van der Waals surface area (Å²) in [5.41, 5.74) is 1.07. The van der Waals surface area contributed by atoms with Gasteiger partial charge in [-0.2, -0.15) is 5.10 Å². The number of nitrogens with one attached hydrogen (secondary N) is 2. The van der Waals surface area contributed by atoms with Crippen LogP contribution in [0.4, 0.5) is 10.6 Å². The Morgan fingerprint density at radius 2 is 1.89 bits per heavy atom. The highest BCUT2D eigenvalue weighted by molar-refractivity contribution is 5.88. The Morgan fingerprint density at radius 3 is 2.52 bits per heavy atom. The van der Waals surface area contributed by atoms with E-state index in [1.54, 1.807) is 24.1 Å². The van der Waals surface area contributed by atoms with Gasteiger partial charge in [0.25, 0.3) is 0 Å². The topological polar surface area (TPSA) is 105 Å². The van der Waals surface area contributed by atoms with E-state index >= 15 is 0 Å². The third-order valence-corrected chi connectivity index (χ3v) is 4.80. The van der Waals surface area contributed by atoms with Crippen LogP contribution in [0.5, 0.6) is 5.75 Å². The van der Waals surface area contributed by atoms with Crippen molar-refractivity contribution < 1.29 is 19.4 Å². The second-order valence-electron chi connectivity index (χ2n) is 6.73. The molecule has 3 rings (SSSR count). The van der Waals surface area contributed by atoms with Crippen molar-refractivity contribution in [3.8, 4) is 5.75 Å². The van der Waals surface area contributed by atoms with Gasteiger partial charge >= 0.3 is 12.0 Å². The molecule has 0 radical (unpaired) electrons. The summed E-state index contributed by atoms with van der Waals surface area (Å²) in [7, 11) is 1.63. The number of carboxylic acids is 1. The zero-order chi connectivity index (χ0) is 19.2. The standard InChI is InChI=1S/C19H24N4O4/c1-27-16-8-2-13(3-9-16)12-23-11-10-17(22-23)21-19(26)20-15-6-4-14(5-7-15)18(24)25/h2-3,8-11,14-15H,4-7,12H2,1H3,(H,24,25)(H2,20,21,22,26). The number of aliphatic carboxylic acids is 1. The summed E-state index contributed by atoms with van der Waals surface area (Å²) in [6, 6.07) is 9.14. The van der Waals surface area contributed by atoms with Crippen molar-refractivity contribution in [1.29, 1.82) is 0 Å². The van der Waals surface area contributed by atoms with E-state index in [4.69, 9.17) is 9.84 Å². The minimum absolute atomic E-state index is 0.00184. The highest BCUT2D eigenvalue weighted by atomic mass is 16.5. The number of amides is 2. The highest BCUT2D eigenvalue weighted by Crippen LogP contribution is 2.24. The van der Waals surface area contributed by atoms with Gasteiger partial charge in [0.05, 0.1) is 19.6 Å². The van der Waals surface area contributed by atoms with E-state index in [0.29, 0.717) is 38.0 Å². The molecule has 1 fully saturated rings. The van der Waals surface area contributed by atoms with Crippen molar-refractivity contribution in [3.05, 3.63) is 42.1 Å². The number of rotatable bonds is 6. The zero-order valence-corrected chi connectivity index (χ0v) is 15.2. The molecule has 27 heavy (non-hydrogen) atoms. The van der Waals surface area contributed by atoms with Gasteiger partial charge in [-0.3, -0.25) is 14.8 Å². The number of carbonyl (C=O) groups excluding carboxylic acids is 1. The first-order valence-corrected chi connectivity index (χ1v) is 9.00. The summed E-state index contributed by atoms with van der Waals surface area (Å²) < 4.78 is 6.89. The van der Waals surface area contributed by atoms with Gasteiger partial charge in [-0.15, -0.1) is 0 Å².